The zero-order valence-corrected chi connectivity index (χ0v) is 11.6. The lowest BCUT2D eigenvalue weighted by Gasteiger charge is -2.32. The highest BCUT2D eigenvalue weighted by atomic mass is 16.4. The van der Waals surface area contributed by atoms with Crippen LogP contribution in [0.5, 0.6) is 0 Å². The van der Waals surface area contributed by atoms with Crippen molar-refractivity contribution in [3.63, 3.8) is 0 Å². The molecule has 0 radical (unpaired) electrons. The lowest BCUT2D eigenvalue weighted by atomic mass is 9.80. The van der Waals surface area contributed by atoms with Gasteiger partial charge in [0.1, 0.15) is 0 Å². The van der Waals surface area contributed by atoms with Gasteiger partial charge in [0, 0.05) is 24.0 Å². The molecule has 0 atom stereocenters. The van der Waals surface area contributed by atoms with E-state index in [0.717, 1.165) is 17.9 Å². The molecule has 0 aliphatic heterocycles. The van der Waals surface area contributed by atoms with Crippen LogP contribution >= 0.6 is 0 Å². The topological polar surface area (TPSA) is 71.3 Å². The van der Waals surface area contributed by atoms with Gasteiger partial charge in [0.05, 0.1) is 11.5 Å². The van der Waals surface area contributed by atoms with Crippen LogP contribution in [-0.2, 0) is 11.3 Å². The molecule has 1 aromatic rings. The predicted octanol–water partition coefficient (Wildman–Crippen LogP) is 1.72. The minimum absolute atomic E-state index is 0.00159. The molecule has 1 aliphatic rings. The number of aliphatic carboxylic acids is 1. The predicted molar refractivity (Wildman–Crippen MR) is 71.2 cm³/mol. The second-order valence-corrected chi connectivity index (χ2v) is 5.21. The molecule has 1 amide bonds. The van der Waals surface area contributed by atoms with Crippen molar-refractivity contribution >= 4 is 11.9 Å². The van der Waals surface area contributed by atoms with E-state index in [1.54, 1.807) is 0 Å². The van der Waals surface area contributed by atoms with Gasteiger partial charge in [0.2, 0.25) is 0 Å². The second-order valence-electron chi connectivity index (χ2n) is 5.21. The fourth-order valence-corrected chi connectivity index (χ4v) is 2.72. The Balaban J connectivity index is 2.00. The van der Waals surface area contributed by atoms with Gasteiger partial charge in [-0.3, -0.25) is 9.59 Å². The molecule has 104 valence electrons. The van der Waals surface area contributed by atoms with Crippen molar-refractivity contribution in [2.24, 2.45) is 5.92 Å². The Hall–Kier alpha value is -1.78. The first kappa shape index (κ1) is 13.6. The quantitative estimate of drug-likeness (QED) is 0.869. The highest BCUT2D eigenvalue weighted by Gasteiger charge is 2.35. The monoisotopic (exact) mass is 264 g/mol. The smallest absolute Gasteiger partial charge is 0.306 e. The fraction of sp³-hybridized carbons (Fsp3) is 0.571. The number of hydrogen-bond acceptors (Lipinski definition) is 2. The lowest BCUT2D eigenvalue weighted by Crippen LogP contribution is -2.46. The molecule has 1 aliphatic carbocycles. The molecule has 2 N–H and O–H groups in total. The minimum Gasteiger partial charge on any atom is -0.481 e. The average molecular weight is 264 g/mol. The third-order valence-electron chi connectivity index (χ3n) is 3.96. The molecule has 2 rings (SSSR count). The summed E-state index contributed by atoms with van der Waals surface area (Å²) in [5, 5.41) is 11.7. The molecule has 5 heteroatoms. The van der Waals surface area contributed by atoms with Crippen LogP contribution in [0.15, 0.2) is 6.07 Å². The first-order valence-electron chi connectivity index (χ1n) is 6.64. The van der Waals surface area contributed by atoms with E-state index in [1.165, 1.54) is 0 Å². The number of carbonyl (C=O) groups excluding carboxylic acids is 1. The molecule has 19 heavy (non-hydrogen) atoms. The molecule has 5 nitrogen and oxygen atoms in total. The molecule has 1 heterocycles. The first-order chi connectivity index (χ1) is 8.93. The Bertz CT molecular complexity index is 513. The minimum atomic E-state index is -0.769. The van der Waals surface area contributed by atoms with Crippen molar-refractivity contribution in [2.45, 2.75) is 46.2 Å². The Morgan fingerprint density at radius 1 is 1.42 bits per heavy atom. The van der Waals surface area contributed by atoms with Crippen molar-refractivity contribution < 1.29 is 14.7 Å². The van der Waals surface area contributed by atoms with Gasteiger partial charge in [-0.25, -0.2) is 0 Å². The molecular weight excluding hydrogens is 244 g/mol. The van der Waals surface area contributed by atoms with Gasteiger partial charge in [0.15, 0.2) is 0 Å². The number of rotatable bonds is 4. The van der Waals surface area contributed by atoms with Gasteiger partial charge in [0.25, 0.3) is 5.91 Å². The maximum atomic E-state index is 12.2. The van der Waals surface area contributed by atoms with Crippen molar-refractivity contribution in [1.29, 1.82) is 0 Å². The van der Waals surface area contributed by atoms with E-state index in [2.05, 4.69) is 9.88 Å². The maximum Gasteiger partial charge on any atom is 0.306 e. The molecule has 1 saturated carbocycles. The summed E-state index contributed by atoms with van der Waals surface area (Å²) >= 11 is 0. The molecule has 0 spiro atoms. The Labute approximate surface area is 112 Å². The van der Waals surface area contributed by atoms with Crippen LogP contribution in [0.25, 0.3) is 0 Å². The standard InChI is InChI=1S/C14H20N2O3/c1-4-16-8(2)5-12(9(16)3)13(17)15-11-6-10(7-11)14(18)19/h5,10-11H,4,6-7H2,1-3H3,(H,15,17)(H,18,19). The Kier molecular flexibility index (Phi) is 3.64. The first-order valence-corrected chi connectivity index (χ1v) is 6.64. The second kappa shape index (κ2) is 5.07. The molecule has 0 unspecified atom stereocenters. The summed E-state index contributed by atoms with van der Waals surface area (Å²) in [5.41, 5.74) is 2.73. The van der Waals surface area contributed by atoms with E-state index in [1.807, 2.05) is 26.8 Å². The number of aryl methyl sites for hydroxylation is 1. The third-order valence-corrected chi connectivity index (χ3v) is 3.96. The molecule has 0 aromatic carbocycles. The van der Waals surface area contributed by atoms with Gasteiger partial charge >= 0.3 is 5.97 Å². The van der Waals surface area contributed by atoms with Gasteiger partial charge in [-0.2, -0.15) is 0 Å². The van der Waals surface area contributed by atoms with Gasteiger partial charge in [-0.05, 0) is 39.7 Å². The zero-order valence-electron chi connectivity index (χ0n) is 11.6. The van der Waals surface area contributed by atoms with Gasteiger partial charge in [-0.15, -0.1) is 0 Å². The van der Waals surface area contributed by atoms with Crippen LogP contribution in [0.2, 0.25) is 0 Å². The number of carbonyl (C=O) groups is 2. The van der Waals surface area contributed by atoms with E-state index < -0.39 is 5.97 Å². The van der Waals surface area contributed by atoms with E-state index in [4.69, 9.17) is 5.11 Å². The summed E-state index contributed by atoms with van der Waals surface area (Å²) in [6.45, 7) is 6.81. The van der Waals surface area contributed by atoms with Crippen LogP contribution in [0, 0.1) is 19.8 Å². The molecule has 0 saturated heterocycles. The third kappa shape index (κ3) is 2.50. The number of carboxylic acid groups (broad SMARTS) is 1. The number of hydrogen-bond donors (Lipinski definition) is 2. The van der Waals surface area contributed by atoms with E-state index in [-0.39, 0.29) is 17.9 Å². The molecule has 1 aromatic heterocycles. The van der Waals surface area contributed by atoms with Gasteiger partial charge < -0.3 is 15.0 Å². The number of nitrogens with zero attached hydrogens (tertiary/aromatic N) is 1. The van der Waals surface area contributed by atoms with Crippen LogP contribution in [0.1, 0.15) is 41.5 Å². The average Bonchev–Trinajstić information content (AvgIpc) is 2.57. The molecule has 1 fully saturated rings. The maximum absolute atomic E-state index is 12.2. The van der Waals surface area contributed by atoms with Crippen LogP contribution in [0.3, 0.4) is 0 Å². The summed E-state index contributed by atoms with van der Waals surface area (Å²) in [6.07, 6.45) is 1.07. The summed E-state index contributed by atoms with van der Waals surface area (Å²) < 4.78 is 2.09. The Morgan fingerprint density at radius 2 is 2.05 bits per heavy atom. The van der Waals surface area contributed by atoms with E-state index in [9.17, 15) is 9.59 Å². The summed E-state index contributed by atoms with van der Waals surface area (Å²) in [5.74, 6) is -1.16. The van der Waals surface area contributed by atoms with Crippen LogP contribution in [-0.4, -0.2) is 27.6 Å². The highest BCUT2D eigenvalue weighted by Crippen LogP contribution is 2.28. The number of carboxylic acids is 1. The van der Waals surface area contributed by atoms with Crippen molar-refractivity contribution in [1.82, 2.24) is 9.88 Å². The largest absolute Gasteiger partial charge is 0.481 e. The summed E-state index contributed by atoms with van der Waals surface area (Å²) in [7, 11) is 0. The number of amides is 1. The van der Waals surface area contributed by atoms with Crippen molar-refractivity contribution in [2.75, 3.05) is 0 Å². The molecule has 0 bridgehead atoms. The molecular formula is C14H20N2O3. The van der Waals surface area contributed by atoms with E-state index >= 15 is 0 Å². The highest BCUT2D eigenvalue weighted by molar-refractivity contribution is 5.96. The van der Waals surface area contributed by atoms with Crippen molar-refractivity contribution in [3.05, 3.63) is 23.0 Å². The lowest BCUT2D eigenvalue weighted by molar-refractivity contribution is -0.145. The number of nitrogens with one attached hydrogen (secondary N) is 1. The van der Waals surface area contributed by atoms with Crippen LogP contribution in [0.4, 0.5) is 0 Å². The van der Waals surface area contributed by atoms with Gasteiger partial charge in [-0.1, -0.05) is 0 Å². The van der Waals surface area contributed by atoms with E-state index in [0.29, 0.717) is 18.4 Å². The fourth-order valence-electron chi connectivity index (χ4n) is 2.72. The Morgan fingerprint density at radius 3 is 2.53 bits per heavy atom. The summed E-state index contributed by atoms with van der Waals surface area (Å²) in [4.78, 5) is 22.9. The SMILES string of the molecule is CCn1c(C)cc(C(=O)NC2CC(C(=O)O)C2)c1C. The zero-order chi connectivity index (χ0) is 14.2. The summed E-state index contributed by atoms with van der Waals surface area (Å²) in [6, 6.07) is 1.89. The normalized spacial score (nSPS) is 21.8. The number of aromatic nitrogens is 1. The van der Waals surface area contributed by atoms with Crippen LogP contribution < -0.4 is 5.32 Å². The van der Waals surface area contributed by atoms with Crippen molar-refractivity contribution in [3.8, 4) is 0 Å².